The van der Waals surface area contributed by atoms with Crippen molar-refractivity contribution in [2.75, 3.05) is 11.9 Å². The topological polar surface area (TPSA) is 155 Å². The summed E-state index contributed by atoms with van der Waals surface area (Å²) in [7, 11) is 0. The van der Waals surface area contributed by atoms with E-state index in [1.165, 1.54) is 4.68 Å². The largest absolute Gasteiger partial charge is 0.394 e. The number of aliphatic hydroxyl groups is 2. The van der Waals surface area contributed by atoms with Crippen LogP contribution in [0.25, 0.3) is 11.2 Å². The number of anilines is 1. The lowest BCUT2D eigenvalue weighted by Gasteiger charge is -2.14. The molecule has 0 aliphatic carbocycles. The van der Waals surface area contributed by atoms with Crippen LogP contribution in [-0.2, 0) is 9.53 Å². The molecular formula is C13H18N6O5. The van der Waals surface area contributed by atoms with Gasteiger partial charge in [0, 0.05) is 12.3 Å². The maximum absolute atomic E-state index is 12.1. The number of ether oxygens (including phenoxy) is 1. The van der Waals surface area contributed by atoms with E-state index in [2.05, 4.69) is 25.6 Å². The molecule has 2 aromatic heterocycles. The summed E-state index contributed by atoms with van der Waals surface area (Å²) in [4.78, 5) is 30.4. The summed E-state index contributed by atoms with van der Waals surface area (Å²) in [5, 5.41) is 29.3. The molecule has 1 amide bonds. The van der Waals surface area contributed by atoms with Gasteiger partial charge in [0.1, 0.15) is 6.10 Å². The minimum absolute atomic E-state index is 0.0408. The summed E-state index contributed by atoms with van der Waals surface area (Å²) in [5.41, 5.74) is -0.544. The van der Waals surface area contributed by atoms with Crippen LogP contribution in [0.15, 0.2) is 4.79 Å². The van der Waals surface area contributed by atoms with Crippen LogP contribution in [0.1, 0.15) is 26.5 Å². The average molecular weight is 338 g/mol. The number of carbonyl (C=O) groups excluding carboxylic acids is 1. The van der Waals surface area contributed by atoms with Crippen LogP contribution in [0.5, 0.6) is 0 Å². The van der Waals surface area contributed by atoms with Gasteiger partial charge >= 0.3 is 0 Å². The molecule has 0 spiro atoms. The van der Waals surface area contributed by atoms with E-state index in [0.29, 0.717) is 0 Å². The van der Waals surface area contributed by atoms with E-state index >= 15 is 0 Å². The molecule has 24 heavy (non-hydrogen) atoms. The van der Waals surface area contributed by atoms with Crippen molar-refractivity contribution in [1.29, 1.82) is 0 Å². The Labute approximate surface area is 135 Å². The smallest absolute Gasteiger partial charge is 0.282 e. The Morgan fingerprint density at radius 3 is 2.92 bits per heavy atom. The molecule has 1 aliphatic heterocycles. The molecule has 11 nitrogen and oxygen atoms in total. The number of aromatic nitrogens is 5. The minimum Gasteiger partial charge on any atom is -0.394 e. The molecule has 0 aromatic carbocycles. The van der Waals surface area contributed by atoms with Crippen LogP contribution in [0, 0.1) is 5.92 Å². The molecule has 3 atom stereocenters. The van der Waals surface area contributed by atoms with Crippen molar-refractivity contribution >= 4 is 23.0 Å². The number of hydrogen-bond acceptors (Lipinski definition) is 8. The van der Waals surface area contributed by atoms with Gasteiger partial charge in [-0.3, -0.25) is 19.9 Å². The van der Waals surface area contributed by atoms with Crippen molar-refractivity contribution in [1.82, 2.24) is 25.0 Å². The second kappa shape index (κ2) is 6.26. The first kappa shape index (κ1) is 16.5. The van der Waals surface area contributed by atoms with Crippen molar-refractivity contribution in [3.05, 3.63) is 10.4 Å². The Hall–Kier alpha value is -2.37. The van der Waals surface area contributed by atoms with Gasteiger partial charge in [-0.05, 0) is 0 Å². The number of fused-ring (bicyclic) bond motifs is 1. The number of nitrogens with zero attached hydrogens (tertiary/aromatic N) is 4. The highest BCUT2D eigenvalue weighted by atomic mass is 16.5. The van der Waals surface area contributed by atoms with Gasteiger partial charge in [0.15, 0.2) is 17.4 Å². The van der Waals surface area contributed by atoms with E-state index in [0.717, 1.165) is 0 Å². The van der Waals surface area contributed by atoms with E-state index in [9.17, 15) is 14.7 Å². The molecule has 0 bridgehead atoms. The third kappa shape index (κ3) is 2.88. The molecule has 130 valence electrons. The summed E-state index contributed by atoms with van der Waals surface area (Å²) in [6.07, 6.45) is -2.16. The number of aromatic amines is 1. The minimum atomic E-state index is -0.929. The summed E-state index contributed by atoms with van der Waals surface area (Å²) < 4.78 is 6.67. The molecule has 4 N–H and O–H groups in total. The van der Waals surface area contributed by atoms with E-state index in [-0.39, 0.29) is 42.0 Å². The van der Waals surface area contributed by atoms with Crippen LogP contribution < -0.4 is 10.9 Å². The van der Waals surface area contributed by atoms with Crippen molar-refractivity contribution in [3.8, 4) is 0 Å². The molecule has 1 fully saturated rings. The highest BCUT2D eigenvalue weighted by Gasteiger charge is 2.37. The summed E-state index contributed by atoms with van der Waals surface area (Å²) in [5.74, 6) is -0.644. The zero-order valence-electron chi connectivity index (χ0n) is 13.1. The quantitative estimate of drug-likeness (QED) is 0.539. The number of H-pyrrole nitrogens is 1. The number of aliphatic hydroxyl groups excluding tert-OH is 2. The maximum Gasteiger partial charge on any atom is 0.282 e. The molecule has 0 unspecified atom stereocenters. The second-order valence-electron chi connectivity index (χ2n) is 5.90. The van der Waals surface area contributed by atoms with Gasteiger partial charge in [-0.25, -0.2) is 0 Å². The van der Waals surface area contributed by atoms with Gasteiger partial charge in [0.05, 0.1) is 12.7 Å². The third-order valence-electron chi connectivity index (χ3n) is 3.71. The highest BCUT2D eigenvalue weighted by molar-refractivity contribution is 5.90. The zero-order chi connectivity index (χ0) is 17.4. The van der Waals surface area contributed by atoms with E-state index in [1.807, 2.05) is 0 Å². The van der Waals surface area contributed by atoms with Gasteiger partial charge in [-0.1, -0.05) is 19.1 Å². The Balaban J connectivity index is 2.00. The van der Waals surface area contributed by atoms with E-state index < -0.39 is 24.0 Å². The van der Waals surface area contributed by atoms with Crippen LogP contribution in [-0.4, -0.2) is 59.9 Å². The number of carbonyl (C=O) groups is 1. The lowest BCUT2D eigenvalue weighted by atomic mass is 10.2. The Bertz CT molecular complexity index is 815. The van der Waals surface area contributed by atoms with Gasteiger partial charge in [0.25, 0.3) is 5.56 Å². The number of rotatable bonds is 4. The third-order valence-corrected chi connectivity index (χ3v) is 3.71. The van der Waals surface area contributed by atoms with Crippen LogP contribution in [0.2, 0.25) is 0 Å². The number of amides is 1. The first-order chi connectivity index (χ1) is 11.4. The van der Waals surface area contributed by atoms with Gasteiger partial charge in [-0.2, -0.15) is 9.67 Å². The van der Waals surface area contributed by atoms with Crippen molar-refractivity contribution in [2.45, 2.75) is 38.7 Å². The first-order valence-corrected chi connectivity index (χ1v) is 7.51. The van der Waals surface area contributed by atoms with Crippen molar-refractivity contribution < 1.29 is 19.7 Å². The SMILES string of the molecule is CC(C)C(=O)Nc1nc2c(nnn2[C@@H]2O[C@H](CO)C[C@H]2O)c(=O)[nH]1. The summed E-state index contributed by atoms with van der Waals surface area (Å²) in [6, 6.07) is 0. The first-order valence-electron chi connectivity index (χ1n) is 7.51. The van der Waals surface area contributed by atoms with Gasteiger partial charge in [-0.15, -0.1) is 5.10 Å². The Morgan fingerprint density at radius 1 is 1.54 bits per heavy atom. The van der Waals surface area contributed by atoms with Crippen LogP contribution in [0.3, 0.4) is 0 Å². The molecule has 1 aliphatic rings. The Morgan fingerprint density at radius 2 is 2.29 bits per heavy atom. The molecule has 0 radical (unpaired) electrons. The fourth-order valence-corrected chi connectivity index (χ4v) is 2.40. The van der Waals surface area contributed by atoms with Crippen LogP contribution in [0.4, 0.5) is 5.95 Å². The molecule has 11 heteroatoms. The van der Waals surface area contributed by atoms with Crippen molar-refractivity contribution in [3.63, 3.8) is 0 Å². The number of hydrogen-bond donors (Lipinski definition) is 4. The average Bonchev–Trinajstić information content (AvgIpc) is 3.10. The fraction of sp³-hybridized carbons (Fsp3) is 0.615. The van der Waals surface area contributed by atoms with Gasteiger partial charge in [0.2, 0.25) is 11.9 Å². The summed E-state index contributed by atoms with van der Waals surface area (Å²) in [6.45, 7) is 3.16. The number of nitrogens with one attached hydrogen (secondary N) is 2. The molecule has 1 saturated heterocycles. The maximum atomic E-state index is 12.1. The normalized spacial score (nSPS) is 24.0. The lowest BCUT2D eigenvalue weighted by molar-refractivity contribution is -0.118. The molecule has 2 aromatic rings. The fourth-order valence-electron chi connectivity index (χ4n) is 2.40. The summed E-state index contributed by atoms with van der Waals surface area (Å²) >= 11 is 0. The van der Waals surface area contributed by atoms with Crippen molar-refractivity contribution in [2.24, 2.45) is 5.92 Å². The Kier molecular flexibility index (Phi) is 4.30. The molecule has 3 heterocycles. The van der Waals surface area contributed by atoms with Gasteiger partial charge < -0.3 is 14.9 Å². The molecule has 3 rings (SSSR count). The predicted octanol–water partition coefficient (Wildman–Crippen LogP) is -1.25. The van der Waals surface area contributed by atoms with Crippen LogP contribution >= 0.6 is 0 Å². The predicted molar refractivity (Wildman–Crippen MR) is 81.0 cm³/mol. The zero-order valence-corrected chi connectivity index (χ0v) is 13.1. The standard InChI is InChI=1S/C13H18N6O5/c1-5(2)10(22)15-13-14-9-8(11(23)16-13)17-18-19(9)12-7(21)3-6(4-20)24-12/h5-7,12,20-21H,3-4H2,1-2H3,(H2,14,15,16,22,23)/t6-,7+,12+/m0/s1. The highest BCUT2D eigenvalue weighted by Crippen LogP contribution is 2.29. The second-order valence-corrected chi connectivity index (χ2v) is 5.90. The monoisotopic (exact) mass is 338 g/mol. The van der Waals surface area contributed by atoms with E-state index in [4.69, 9.17) is 9.84 Å². The molecular weight excluding hydrogens is 320 g/mol. The lowest BCUT2D eigenvalue weighted by Crippen LogP contribution is -2.24. The molecule has 0 saturated carbocycles. The van der Waals surface area contributed by atoms with E-state index in [1.54, 1.807) is 13.8 Å².